The standard InChI is InChI=1S/C15H20BrNO/c16-14-8-10-4-1-2-6-12(10)13(15(14)18)9-11-5-3-7-17-11/h8,11,17-18H,1-7,9H2. The van der Waals surface area contributed by atoms with Gasteiger partial charge >= 0.3 is 0 Å². The molecule has 3 heteroatoms. The number of rotatable bonds is 2. The van der Waals surface area contributed by atoms with Gasteiger partial charge in [0, 0.05) is 11.6 Å². The SMILES string of the molecule is Oc1c(Br)cc2c(c1CC1CCCN1)CCCC2. The van der Waals surface area contributed by atoms with Crippen LogP contribution in [0.1, 0.15) is 42.4 Å². The first-order chi connectivity index (χ1) is 8.75. The molecule has 0 aromatic heterocycles. The van der Waals surface area contributed by atoms with Gasteiger partial charge in [-0.05, 0) is 84.6 Å². The lowest BCUT2D eigenvalue weighted by Crippen LogP contribution is -2.24. The number of aromatic hydroxyl groups is 1. The normalized spacial score (nSPS) is 23.1. The minimum absolute atomic E-state index is 0.476. The Hall–Kier alpha value is -0.540. The highest BCUT2D eigenvalue weighted by molar-refractivity contribution is 9.10. The molecule has 1 aromatic carbocycles. The number of phenolic OH excluding ortho intramolecular Hbond substituents is 1. The van der Waals surface area contributed by atoms with E-state index in [4.69, 9.17) is 0 Å². The van der Waals surface area contributed by atoms with Gasteiger partial charge in [0.25, 0.3) is 0 Å². The fourth-order valence-electron chi connectivity index (χ4n) is 3.34. The van der Waals surface area contributed by atoms with Crippen molar-refractivity contribution in [2.45, 2.75) is 51.0 Å². The summed E-state index contributed by atoms with van der Waals surface area (Å²) < 4.78 is 0.871. The van der Waals surface area contributed by atoms with Crippen LogP contribution in [0.4, 0.5) is 0 Å². The maximum atomic E-state index is 10.3. The first-order valence-electron chi connectivity index (χ1n) is 7.01. The van der Waals surface area contributed by atoms with E-state index in [0.717, 1.165) is 23.9 Å². The highest BCUT2D eigenvalue weighted by atomic mass is 79.9. The Bertz CT molecular complexity index is 452. The van der Waals surface area contributed by atoms with Gasteiger partial charge in [0.15, 0.2) is 0 Å². The van der Waals surface area contributed by atoms with Crippen LogP contribution in [0.25, 0.3) is 0 Å². The van der Waals surface area contributed by atoms with E-state index < -0.39 is 0 Å². The number of nitrogens with one attached hydrogen (secondary N) is 1. The maximum absolute atomic E-state index is 10.3. The number of phenols is 1. The third-order valence-corrected chi connectivity index (χ3v) is 4.91. The van der Waals surface area contributed by atoms with Crippen LogP contribution in [0, 0.1) is 0 Å². The minimum Gasteiger partial charge on any atom is -0.506 e. The van der Waals surface area contributed by atoms with E-state index >= 15 is 0 Å². The van der Waals surface area contributed by atoms with Crippen molar-refractivity contribution in [3.63, 3.8) is 0 Å². The predicted octanol–water partition coefficient (Wildman–Crippen LogP) is 3.33. The molecule has 98 valence electrons. The summed E-state index contributed by atoms with van der Waals surface area (Å²) in [4.78, 5) is 0. The molecule has 1 atom stereocenters. The molecule has 2 N–H and O–H groups in total. The number of hydrogen-bond acceptors (Lipinski definition) is 2. The highest BCUT2D eigenvalue weighted by Crippen LogP contribution is 2.37. The lowest BCUT2D eigenvalue weighted by atomic mass is 9.85. The van der Waals surface area contributed by atoms with E-state index in [0.29, 0.717) is 11.8 Å². The summed E-state index contributed by atoms with van der Waals surface area (Å²) >= 11 is 3.50. The number of benzene rings is 1. The fraction of sp³-hybridized carbons (Fsp3) is 0.600. The molecule has 1 aromatic rings. The van der Waals surface area contributed by atoms with Gasteiger partial charge < -0.3 is 10.4 Å². The second-order valence-electron chi connectivity index (χ2n) is 5.53. The molecular weight excluding hydrogens is 290 g/mol. The lowest BCUT2D eigenvalue weighted by Gasteiger charge is -2.23. The highest BCUT2D eigenvalue weighted by Gasteiger charge is 2.23. The van der Waals surface area contributed by atoms with Gasteiger partial charge in [-0.1, -0.05) is 0 Å². The quantitative estimate of drug-likeness (QED) is 0.878. The van der Waals surface area contributed by atoms with Crippen molar-refractivity contribution >= 4 is 15.9 Å². The molecule has 18 heavy (non-hydrogen) atoms. The summed E-state index contributed by atoms with van der Waals surface area (Å²) in [5.74, 6) is 0.476. The minimum atomic E-state index is 0.476. The number of fused-ring (bicyclic) bond motifs is 1. The summed E-state index contributed by atoms with van der Waals surface area (Å²) in [5, 5.41) is 13.9. The van der Waals surface area contributed by atoms with Crippen LogP contribution in [-0.2, 0) is 19.3 Å². The van der Waals surface area contributed by atoms with Gasteiger partial charge in [0.1, 0.15) is 5.75 Å². The Kier molecular flexibility index (Phi) is 3.62. The Morgan fingerprint density at radius 1 is 1.28 bits per heavy atom. The molecule has 1 heterocycles. The summed E-state index contributed by atoms with van der Waals surface area (Å²) in [5.41, 5.74) is 4.06. The fourth-order valence-corrected chi connectivity index (χ4v) is 3.85. The second-order valence-corrected chi connectivity index (χ2v) is 6.38. The van der Waals surface area contributed by atoms with Crippen LogP contribution in [0.5, 0.6) is 5.75 Å². The number of hydrogen-bond donors (Lipinski definition) is 2. The molecule has 2 aliphatic rings. The third-order valence-electron chi connectivity index (χ3n) is 4.30. The molecule has 1 fully saturated rings. The van der Waals surface area contributed by atoms with Gasteiger partial charge in [-0.3, -0.25) is 0 Å². The summed E-state index contributed by atoms with van der Waals surface area (Å²) in [6.07, 6.45) is 8.33. The Morgan fingerprint density at radius 3 is 2.89 bits per heavy atom. The van der Waals surface area contributed by atoms with Crippen molar-refractivity contribution in [3.05, 3.63) is 27.2 Å². The Labute approximate surface area is 117 Å². The van der Waals surface area contributed by atoms with Gasteiger partial charge in [-0.15, -0.1) is 0 Å². The largest absolute Gasteiger partial charge is 0.506 e. The van der Waals surface area contributed by atoms with Gasteiger partial charge in [-0.2, -0.15) is 0 Å². The lowest BCUT2D eigenvalue weighted by molar-refractivity contribution is 0.455. The van der Waals surface area contributed by atoms with E-state index in [1.54, 1.807) is 0 Å². The second kappa shape index (κ2) is 5.22. The van der Waals surface area contributed by atoms with Crippen molar-refractivity contribution in [1.29, 1.82) is 0 Å². The maximum Gasteiger partial charge on any atom is 0.133 e. The predicted molar refractivity (Wildman–Crippen MR) is 77.2 cm³/mol. The van der Waals surface area contributed by atoms with E-state index in [9.17, 15) is 5.11 Å². The topological polar surface area (TPSA) is 32.3 Å². The molecule has 1 aliphatic heterocycles. The Morgan fingerprint density at radius 2 is 2.11 bits per heavy atom. The van der Waals surface area contributed by atoms with E-state index in [1.165, 1.54) is 48.8 Å². The van der Waals surface area contributed by atoms with Crippen LogP contribution in [0.15, 0.2) is 10.5 Å². The van der Waals surface area contributed by atoms with Gasteiger partial charge in [-0.25, -0.2) is 0 Å². The average molecular weight is 310 g/mol. The van der Waals surface area contributed by atoms with Crippen molar-refractivity contribution in [2.75, 3.05) is 6.54 Å². The first kappa shape index (κ1) is 12.5. The number of aryl methyl sites for hydroxylation is 1. The zero-order chi connectivity index (χ0) is 12.5. The molecule has 2 nitrogen and oxygen atoms in total. The van der Waals surface area contributed by atoms with Gasteiger partial charge in [0.05, 0.1) is 4.47 Å². The van der Waals surface area contributed by atoms with Crippen molar-refractivity contribution in [2.24, 2.45) is 0 Å². The van der Waals surface area contributed by atoms with Crippen LogP contribution >= 0.6 is 15.9 Å². The molecule has 1 saturated heterocycles. The van der Waals surface area contributed by atoms with E-state index in [-0.39, 0.29) is 0 Å². The molecule has 0 saturated carbocycles. The summed E-state index contributed by atoms with van der Waals surface area (Å²) in [6.45, 7) is 1.13. The smallest absolute Gasteiger partial charge is 0.133 e. The molecule has 0 amide bonds. The molecule has 1 unspecified atom stereocenters. The molecule has 0 bridgehead atoms. The summed E-state index contributed by atoms with van der Waals surface area (Å²) in [6, 6.07) is 2.67. The monoisotopic (exact) mass is 309 g/mol. The zero-order valence-electron chi connectivity index (χ0n) is 10.6. The van der Waals surface area contributed by atoms with Crippen LogP contribution in [0.2, 0.25) is 0 Å². The van der Waals surface area contributed by atoms with Crippen molar-refractivity contribution in [3.8, 4) is 5.75 Å². The first-order valence-corrected chi connectivity index (χ1v) is 7.80. The number of halogens is 1. The Balaban J connectivity index is 1.97. The molecule has 0 radical (unpaired) electrons. The van der Waals surface area contributed by atoms with Crippen LogP contribution in [-0.4, -0.2) is 17.7 Å². The van der Waals surface area contributed by atoms with Crippen molar-refractivity contribution < 1.29 is 5.11 Å². The summed E-state index contributed by atoms with van der Waals surface area (Å²) in [7, 11) is 0. The van der Waals surface area contributed by atoms with E-state index in [2.05, 4.69) is 27.3 Å². The van der Waals surface area contributed by atoms with Crippen LogP contribution in [0.3, 0.4) is 0 Å². The molecule has 1 aliphatic carbocycles. The van der Waals surface area contributed by atoms with E-state index in [1.807, 2.05) is 0 Å². The zero-order valence-corrected chi connectivity index (χ0v) is 12.2. The molecular formula is C15H20BrNO. The average Bonchev–Trinajstić information content (AvgIpc) is 2.88. The van der Waals surface area contributed by atoms with Crippen molar-refractivity contribution in [1.82, 2.24) is 5.32 Å². The van der Waals surface area contributed by atoms with Gasteiger partial charge in [0.2, 0.25) is 0 Å². The van der Waals surface area contributed by atoms with Crippen LogP contribution < -0.4 is 5.32 Å². The molecule has 0 spiro atoms. The molecule has 3 rings (SSSR count). The third kappa shape index (κ3) is 2.30.